The molecule has 2 aliphatic heterocycles. The van der Waals surface area contributed by atoms with Crippen LogP contribution >= 0.6 is 0 Å². The van der Waals surface area contributed by atoms with Crippen LogP contribution in [-0.4, -0.2) is 48.5 Å². The molecule has 2 aliphatic rings. The first-order valence-corrected chi connectivity index (χ1v) is 6.12. The lowest BCUT2D eigenvalue weighted by atomic mass is 10.1. The predicted octanol–water partition coefficient (Wildman–Crippen LogP) is 0.187. The Kier molecular flexibility index (Phi) is 3.42. The van der Waals surface area contributed by atoms with Crippen molar-refractivity contribution in [3.63, 3.8) is 0 Å². The second-order valence-corrected chi connectivity index (χ2v) is 4.55. The molecule has 2 N–H and O–H groups in total. The van der Waals surface area contributed by atoms with Gasteiger partial charge in [0.2, 0.25) is 0 Å². The minimum Gasteiger partial charge on any atom is -0.497 e. The lowest BCUT2D eigenvalue weighted by molar-refractivity contribution is -0.190. The van der Waals surface area contributed by atoms with Gasteiger partial charge in [0.1, 0.15) is 24.1 Å². The molecule has 0 spiro atoms. The van der Waals surface area contributed by atoms with E-state index in [-0.39, 0.29) is 6.61 Å². The molecule has 19 heavy (non-hydrogen) atoms. The third kappa shape index (κ3) is 2.22. The van der Waals surface area contributed by atoms with Crippen molar-refractivity contribution in [2.75, 3.05) is 13.7 Å². The van der Waals surface area contributed by atoms with E-state index in [2.05, 4.69) is 0 Å². The quantitative estimate of drug-likeness (QED) is 0.814. The van der Waals surface area contributed by atoms with Gasteiger partial charge in [-0.25, -0.2) is 0 Å². The standard InChI is InChI=1S/C13H16O6/c1-16-8-4-2-7(3-5-8)13-18-10-9(6-14)17-12(15)11(10)19-13/h2-5,9-15H,6H2,1H3/t9-,10-,11-,12-,13-/m1/s1. The van der Waals surface area contributed by atoms with Gasteiger partial charge in [0.15, 0.2) is 12.6 Å². The predicted molar refractivity (Wildman–Crippen MR) is 63.4 cm³/mol. The molecule has 6 nitrogen and oxygen atoms in total. The van der Waals surface area contributed by atoms with Gasteiger partial charge in [-0.3, -0.25) is 0 Å². The molecule has 104 valence electrons. The van der Waals surface area contributed by atoms with Gasteiger partial charge in [-0.1, -0.05) is 12.1 Å². The van der Waals surface area contributed by atoms with E-state index in [1.54, 1.807) is 7.11 Å². The number of rotatable bonds is 3. The van der Waals surface area contributed by atoms with Crippen molar-refractivity contribution >= 4 is 0 Å². The van der Waals surface area contributed by atoms with Crippen molar-refractivity contribution in [3.05, 3.63) is 29.8 Å². The minimum absolute atomic E-state index is 0.211. The molecular weight excluding hydrogens is 252 g/mol. The van der Waals surface area contributed by atoms with Gasteiger partial charge < -0.3 is 29.2 Å². The molecule has 0 radical (unpaired) electrons. The monoisotopic (exact) mass is 268 g/mol. The van der Waals surface area contributed by atoms with Crippen LogP contribution in [0.2, 0.25) is 0 Å². The summed E-state index contributed by atoms with van der Waals surface area (Å²) in [6.07, 6.45) is -3.20. The maximum Gasteiger partial charge on any atom is 0.185 e. The fourth-order valence-corrected chi connectivity index (χ4v) is 2.40. The zero-order valence-corrected chi connectivity index (χ0v) is 10.4. The lowest BCUT2D eigenvalue weighted by Gasteiger charge is -2.17. The smallest absolute Gasteiger partial charge is 0.185 e. The molecule has 2 heterocycles. The van der Waals surface area contributed by atoms with Crippen LogP contribution in [0.5, 0.6) is 5.75 Å². The first-order valence-electron chi connectivity index (χ1n) is 6.12. The minimum atomic E-state index is -1.06. The highest BCUT2D eigenvalue weighted by atomic mass is 16.8. The average Bonchev–Trinajstić information content (AvgIpc) is 3.00. The molecule has 6 heteroatoms. The first-order chi connectivity index (χ1) is 9.22. The van der Waals surface area contributed by atoms with Crippen molar-refractivity contribution < 1.29 is 29.2 Å². The van der Waals surface area contributed by atoms with E-state index in [1.807, 2.05) is 24.3 Å². The van der Waals surface area contributed by atoms with Crippen molar-refractivity contribution in [2.24, 2.45) is 0 Å². The van der Waals surface area contributed by atoms with E-state index in [4.69, 9.17) is 24.1 Å². The number of benzene rings is 1. The van der Waals surface area contributed by atoms with E-state index >= 15 is 0 Å². The van der Waals surface area contributed by atoms with Crippen LogP contribution in [-0.2, 0) is 14.2 Å². The Bertz CT molecular complexity index is 433. The summed E-state index contributed by atoms with van der Waals surface area (Å²) in [6, 6.07) is 7.30. The molecule has 1 aromatic rings. The molecule has 0 amide bonds. The number of methoxy groups -OCH3 is 1. The average molecular weight is 268 g/mol. The second-order valence-electron chi connectivity index (χ2n) is 4.55. The number of aliphatic hydroxyl groups is 2. The van der Waals surface area contributed by atoms with E-state index in [1.165, 1.54) is 0 Å². The van der Waals surface area contributed by atoms with E-state index in [0.717, 1.165) is 11.3 Å². The largest absolute Gasteiger partial charge is 0.497 e. The Morgan fingerprint density at radius 2 is 1.79 bits per heavy atom. The van der Waals surface area contributed by atoms with Gasteiger partial charge in [-0.15, -0.1) is 0 Å². The Morgan fingerprint density at radius 3 is 2.42 bits per heavy atom. The van der Waals surface area contributed by atoms with Crippen LogP contribution in [0.15, 0.2) is 24.3 Å². The summed E-state index contributed by atoms with van der Waals surface area (Å²) in [7, 11) is 1.60. The van der Waals surface area contributed by atoms with Gasteiger partial charge in [-0.2, -0.15) is 0 Å². The first kappa shape index (κ1) is 12.8. The molecule has 1 aromatic carbocycles. The molecule has 0 unspecified atom stereocenters. The fourth-order valence-electron chi connectivity index (χ4n) is 2.40. The summed E-state index contributed by atoms with van der Waals surface area (Å²) in [5.41, 5.74) is 0.832. The molecular formula is C13H16O6. The number of aliphatic hydroxyl groups excluding tert-OH is 2. The highest BCUT2D eigenvalue weighted by Crippen LogP contribution is 2.39. The lowest BCUT2D eigenvalue weighted by Crippen LogP contribution is -2.31. The zero-order chi connectivity index (χ0) is 13.4. The van der Waals surface area contributed by atoms with Crippen molar-refractivity contribution in [3.8, 4) is 5.75 Å². The number of hydrogen-bond acceptors (Lipinski definition) is 6. The third-order valence-electron chi connectivity index (χ3n) is 3.41. The van der Waals surface area contributed by atoms with Gasteiger partial charge >= 0.3 is 0 Å². The summed E-state index contributed by atoms with van der Waals surface area (Å²) < 4.78 is 21.6. The molecule has 2 saturated heterocycles. The van der Waals surface area contributed by atoms with E-state index in [0.29, 0.717) is 0 Å². The molecule has 5 atom stereocenters. The number of hydrogen-bond donors (Lipinski definition) is 2. The SMILES string of the molecule is COc1ccc([C@H]2O[C@@H]3[C@H](O2)[C@@H](CO)O[C@H]3O)cc1. The summed E-state index contributed by atoms with van der Waals surface area (Å²) in [4.78, 5) is 0. The van der Waals surface area contributed by atoms with Crippen LogP contribution in [0.25, 0.3) is 0 Å². The fraction of sp³-hybridized carbons (Fsp3) is 0.538. The Balaban J connectivity index is 1.74. The normalized spacial score (nSPS) is 37.3. The summed E-state index contributed by atoms with van der Waals surface area (Å²) in [5.74, 6) is 0.749. The van der Waals surface area contributed by atoms with Crippen LogP contribution < -0.4 is 4.74 Å². The Hall–Kier alpha value is -1.18. The summed E-state index contributed by atoms with van der Waals surface area (Å²) in [5, 5.41) is 18.9. The molecule has 3 rings (SSSR count). The second kappa shape index (κ2) is 5.07. The Labute approximate surface area is 110 Å². The van der Waals surface area contributed by atoms with E-state index in [9.17, 15) is 5.11 Å². The van der Waals surface area contributed by atoms with Gasteiger partial charge in [0.05, 0.1) is 13.7 Å². The maximum absolute atomic E-state index is 9.69. The third-order valence-corrected chi connectivity index (χ3v) is 3.41. The van der Waals surface area contributed by atoms with Crippen LogP contribution in [0.4, 0.5) is 0 Å². The number of ether oxygens (including phenoxy) is 4. The van der Waals surface area contributed by atoms with Gasteiger partial charge in [-0.05, 0) is 12.1 Å². The summed E-state index contributed by atoms with van der Waals surface area (Å²) in [6.45, 7) is -0.211. The summed E-state index contributed by atoms with van der Waals surface area (Å²) >= 11 is 0. The van der Waals surface area contributed by atoms with E-state index < -0.39 is 30.9 Å². The molecule has 0 aromatic heterocycles. The maximum atomic E-state index is 9.69. The molecule has 0 aliphatic carbocycles. The number of fused-ring (bicyclic) bond motifs is 1. The molecule has 0 saturated carbocycles. The van der Waals surface area contributed by atoms with Crippen LogP contribution in [0, 0.1) is 0 Å². The highest BCUT2D eigenvalue weighted by Gasteiger charge is 2.52. The highest BCUT2D eigenvalue weighted by molar-refractivity contribution is 5.28. The van der Waals surface area contributed by atoms with Crippen molar-refractivity contribution in [2.45, 2.75) is 30.9 Å². The molecule has 2 fully saturated rings. The van der Waals surface area contributed by atoms with Gasteiger partial charge in [0, 0.05) is 5.56 Å². The van der Waals surface area contributed by atoms with Crippen molar-refractivity contribution in [1.82, 2.24) is 0 Å². The zero-order valence-electron chi connectivity index (χ0n) is 10.4. The Morgan fingerprint density at radius 1 is 1.11 bits per heavy atom. The topological polar surface area (TPSA) is 77.4 Å². The van der Waals surface area contributed by atoms with Crippen molar-refractivity contribution in [1.29, 1.82) is 0 Å². The van der Waals surface area contributed by atoms with Crippen LogP contribution in [0.3, 0.4) is 0 Å². The molecule has 0 bridgehead atoms. The van der Waals surface area contributed by atoms with Gasteiger partial charge in [0.25, 0.3) is 0 Å². The van der Waals surface area contributed by atoms with Crippen LogP contribution in [0.1, 0.15) is 11.9 Å².